The van der Waals surface area contributed by atoms with Crippen LogP contribution in [0.3, 0.4) is 0 Å². The van der Waals surface area contributed by atoms with Gasteiger partial charge in [0, 0.05) is 37.9 Å². The van der Waals surface area contributed by atoms with E-state index in [2.05, 4.69) is 60.2 Å². The highest BCUT2D eigenvalue weighted by atomic mass is 14.9. The molecule has 0 atom stereocenters. The zero-order chi connectivity index (χ0) is 13.7. The lowest BCUT2D eigenvalue weighted by molar-refractivity contribution is 0.552. The molecule has 0 fully saturated rings. The number of pyridine rings is 1. The predicted molar refractivity (Wildman–Crippen MR) is 79.1 cm³/mol. The molecule has 0 aliphatic carbocycles. The molecule has 0 amide bonds. The van der Waals surface area contributed by atoms with E-state index in [0.29, 0.717) is 5.92 Å². The van der Waals surface area contributed by atoms with E-state index in [9.17, 15) is 0 Å². The van der Waals surface area contributed by atoms with Crippen molar-refractivity contribution in [3.63, 3.8) is 0 Å². The van der Waals surface area contributed by atoms with Crippen molar-refractivity contribution in [1.29, 1.82) is 0 Å². The number of aryl methyl sites for hydroxylation is 1. The molecular formula is C16H23N3. The van der Waals surface area contributed by atoms with E-state index < -0.39 is 0 Å². The molecular weight excluding hydrogens is 234 g/mol. The summed E-state index contributed by atoms with van der Waals surface area (Å²) in [5, 5.41) is 3.46. The molecule has 0 bridgehead atoms. The number of aromatic nitrogens is 2. The third-order valence-electron chi connectivity index (χ3n) is 2.99. The molecule has 0 aliphatic rings. The van der Waals surface area contributed by atoms with Gasteiger partial charge < -0.3 is 9.88 Å². The SMILES string of the molecule is Cc1cncc(Cn2ccc(CNCC(C)C)c2)c1. The summed E-state index contributed by atoms with van der Waals surface area (Å²) < 4.78 is 2.21. The van der Waals surface area contributed by atoms with Gasteiger partial charge in [0.25, 0.3) is 0 Å². The smallest absolute Gasteiger partial charge is 0.0485 e. The normalized spacial score (nSPS) is 11.2. The first-order valence-electron chi connectivity index (χ1n) is 6.89. The maximum absolute atomic E-state index is 4.23. The van der Waals surface area contributed by atoms with Crippen molar-refractivity contribution in [1.82, 2.24) is 14.9 Å². The number of nitrogens with one attached hydrogen (secondary N) is 1. The molecule has 2 aromatic heterocycles. The van der Waals surface area contributed by atoms with Crippen LogP contribution in [0.5, 0.6) is 0 Å². The van der Waals surface area contributed by atoms with E-state index in [1.54, 1.807) is 0 Å². The lowest BCUT2D eigenvalue weighted by Crippen LogP contribution is -2.18. The highest BCUT2D eigenvalue weighted by Crippen LogP contribution is 2.07. The zero-order valence-corrected chi connectivity index (χ0v) is 12.1. The van der Waals surface area contributed by atoms with Crippen LogP contribution in [0.25, 0.3) is 0 Å². The molecule has 0 spiro atoms. The number of hydrogen-bond acceptors (Lipinski definition) is 2. The topological polar surface area (TPSA) is 29.9 Å². The van der Waals surface area contributed by atoms with Gasteiger partial charge in [0.2, 0.25) is 0 Å². The molecule has 0 aromatic carbocycles. The predicted octanol–water partition coefficient (Wildman–Crippen LogP) is 2.99. The monoisotopic (exact) mass is 257 g/mol. The van der Waals surface area contributed by atoms with E-state index in [-0.39, 0.29) is 0 Å². The summed E-state index contributed by atoms with van der Waals surface area (Å²) in [4.78, 5) is 4.23. The maximum atomic E-state index is 4.23. The summed E-state index contributed by atoms with van der Waals surface area (Å²) in [6.45, 7) is 9.42. The quantitative estimate of drug-likeness (QED) is 0.862. The summed E-state index contributed by atoms with van der Waals surface area (Å²) >= 11 is 0. The maximum Gasteiger partial charge on any atom is 0.0485 e. The number of hydrogen-bond donors (Lipinski definition) is 1. The zero-order valence-electron chi connectivity index (χ0n) is 12.1. The molecule has 0 radical (unpaired) electrons. The van der Waals surface area contributed by atoms with Crippen molar-refractivity contribution in [2.24, 2.45) is 5.92 Å². The van der Waals surface area contributed by atoms with Crippen molar-refractivity contribution < 1.29 is 0 Å². The second kappa shape index (κ2) is 6.53. The van der Waals surface area contributed by atoms with Crippen LogP contribution in [0.1, 0.15) is 30.5 Å². The van der Waals surface area contributed by atoms with Crippen LogP contribution in [0, 0.1) is 12.8 Å². The Morgan fingerprint density at radius 1 is 1.26 bits per heavy atom. The summed E-state index contributed by atoms with van der Waals surface area (Å²) in [6, 6.07) is 4.36. The van der Waals surface area contributed by atoms with Gasteiger partial charge in [0.05, 0.1) is 0 Å². The molecule has 102 valence electrons. The van der Waals surface area contributed by atoms with Gasteiger partial charge in [-0.25, -0.2) is 0 Å². The molecule has 3 nitrogen and oxygen atoms in total. The van der Waals surface area contributed by atoms with Gasteiger partial charge in [0.1, 0.15) is 0 Å². The second-order valence-electron chi connectivity index (χ2n) is 5.59. The highest BCUT2D eigenvalue weighted by Gasteiger charge is 2.00. The fraction of sp³-hybridized carbons (Fsp3) is 0.438. The van der Waals surface area contributed by atoms with Crippen LogP contribution < -0.4 is 5.32 Å². The first-order valence-corrected chi connectivity index (χ1v) is 6.89. The van der Waals surface area contributed by atoms with Crippen LogP contribution in [-0.2, 0) is 13.1 Å². The van der Waals surface area contributed by atoms with E-state index in [4.69, 9.17) is 0 Å². The second-order valence-corrected chi connectivity index (χ2v) is 5.59. The van der Waals surface area contributed by atoms with Crippen molar-refractivity contribution in [2.75, 3.05) is 6.54 Å². The highest BCUT2D eigenvalue weighted by molar-refractivity contribution is 5.18. The molecule has 2 heterocycles. The van der Waals surface area contributed by atoms with Crippen molar-refractivity contribution in [2.45, 2.75) is 33.9 Å². The van der Waals surface area contributed by atoms with Gasteiger partial charge in [0.15, 0.2) is 0 Å². The Balaban J connectivity index is 1.90. The summed E-state index contributed by atoms with van der Waals surface area (Å²) in [6.07, 6.45) is 8.16. The number of nitrogens with zero attached hydrogens (tertiary/aromatic N) is 2. The molecule has 2 rings (SSSR count). The molecule has 0 unspecified atom stereocenters. The minimum atomic E-state index is 0.695. The third kappa shape index (κ3) is 4.52. The average molecular weight is 257 g/mol. The van der Waals surface area contributed by atoms with Gasteiger partial charge in [-0.15, -0.1) is 0 Å². The first-order chi connectivity index (χ1) is 9.13. The Morgan fingerprint density at radius 2 is 2.11 bits per heavy atom. The lowest BCUT2D eigenvalue weighted by atomic mass is 10.2. The van der Waals surface area contributed by atoms with E-state index >= 15 is 0 Å². The van der Waals surface area contributed by atoms with Crippen molar-refractivity contribution >= 4 is 0 Å². The fourth-order valence-corrected chi connectivity index (χ4v) is 2.11. The average Bonchev–Trinajstić information content (AvgIpc) is 2.76. The summed E-state index contributed by atoms with van der Waals surface area (Å²) in [5.74, 6) is 0.695. The molecule has 3 heteroatoms. The van der Waals surface area contributed by atoms with E-state index in [0.717, 1.165) is 19.6 Å². The molecule has 1 N–H and O–H groups in total. The van der Waals surface area contributed by atoms with Gasteiger partial charge in [-0.05, 0) is 42.1 Å². The van der Waals surface area contributed by atoms with E-state index in [1.807, 2.05) is 12.4 Å². The van der Waals surface area contributed by atoms with Crippen LogP contribution in [0.15, 0.2) is 36.9 Å². The van der Waals surface area contributed by atoms with Crippen LogP contribution >= 0.6 is 0 Å². The molecule has 2 aromatic rings. The Kier molecular flexibility index (Phi) is 4.74. The Morgan fingerprint density at radius 3 is 2.84 bits per heavy atom. The van der Waals surface area contributed by atoms with Gasteiger partial charge >= 0.3 is 0 Å². The lowest BCUT2D eigenvalue weighted by Gasteiger charge is -2.06. The van der Waals surface area contributed by atoms with E-state index in [1.165, 1.54) is 16.7 Å². The van der Waals surface area contributed by atoms with Gasteiger partial charge in [-0.1, -0.05) is 19.9 Å². The number of rotatable bonds is 6. The third-order valence-corrected chi connectivity index (χ3v) is 2.99. The standard InChI is InChI=1S/C16H23N3/c1-13(2)7-17-9-15-4-5-19(11-15)12-16-6-14(3)8-18-10-16/h4-6,8,10-11,13,17H,7,9,12H2,1-3H3. The molecule has 0 aliphatic heterocycles. The van der Waals surface area contributed by atoms with Gasteiger partial charge in [-0.2, -0.15) is 0 Å². The molecule has 0 saturated carbocycles. The molecule has 19 heavy (non-hydrogen) atoms. The van der Waals surface area contributed by atoms with Gasteiger partial charge in [-0.3, -0.25) is 4.98 Å². The minimum absolute atomic E-state index is 0.695. The van der Waals surface area contributed by atoms with Crippen LogP contribution in [-0.4, -0.2) is 16.1 Å². The summed E-state index contributed by atoms with van der Waals surface area (Å²) in [7, 11) is 0. The summed E-state index contributed by atoms with van der Waals surface area (Å²) in [5.41, 5.74) is 3.79. The molecule has 0 saturated heterocycles. The fourth-order valence-electron chi connectivity index (χ4n) is 2.11. The Bertz CT molecular complexity index is 514. The van der Waals surface area contributed by atoms with Crippen molar-refractivity contribution in [3.8, 4) is 0 Å². The minimum Gasteiger partial charge on any atom is -0.350 e. The van der Waals surface area contributed by atoms with Crippen molar-refractivity contribution in [3.05, 3.63) is 53.6 Å². The first kappa shape index (κ1) is 13.8. The Labute approximate surface area is 115 Å². The Hall–Kier alpha value is -1.61. The van der Waals surface area contributed by atoms with Crippen LogP contribution in [0.2, 0.25) is 0 Å². The van der Waals surface area contributed by atoms with Crippen LogP contribution in [0.4, 0.5) is 0 Å². The largest absolute Gasteiger partial charge is 0.350 e.